The summed E-state index contributed by atoms with van der Waals surface area (Å²) in [5.74, 6) is -1.19. The molecule has 0 aromatic rings. The summed E-state index contributed by atoms with van der Waals surface area (Å²) < 4.78 is 10.2. The maximum absolute atomic E-state index is 12.5. The van der Waals surface area contributed by atoms with E-state index < -0.39 is 0 Å². The van der Waals surface area contributed by atoms with Gasteiger partial charge in [-0.1, -0.05) is 36.5 Å². The molecule has 11 rings (SSSR count). The Morgan fingerprint density at radius 3 is 0.900 bits per heavy atom. The van der Waals surface area contributed by atoms with Crippen molar-refractivity contribution in [1.29, 1.82) is 0 Å². The Kier molecular flexibility index (Phi) is 2.63. The van der Waals surface area contributed by atoms with Crippen molar-refractivity contribution >= 4 is 23.9 Å². The molecule has 6 nitrogen and oxygen atoms in total. The van der Waals surface area contributed by atoms with Crippen LogP contribution >= 0.6 is 0 Å². The fourth-order valence-corrected chi connectivity index (χ4v) is 9.47. The molecule has 0 aromatic carbocycles. The molecule has 9 aliphatic carbocycles. The maximum atomic E-state index is 12.5. The molecular weight excluding hydrogens is 384 g/mol. The van der Waals surface area contributed by atoms with Gasteiger partial charge in [-0.3, -0.25) is 19.2 Å². The molecule has 6 heteroatoms. The lowest BCUT2D eigenvalue weighted by molar-refractivity contribution is -0.167. The smallest absolute Gasteiger partial charge is 0.318 e. The number of carbonyl (C=O) groups excluding carboxylic acids is 4. The Morgan fingerprint density at radius 2 is 0.633 bits per heavy atom. The maximum Gasteiger partial charge on any atom is 0.318 e. The van der Waals surface area contributed by atoms with E-state index in [9.17, 15) is 19.2 Å². The van der Waals surface area contributed by atoms with E-state index in [0.29, 0.717) is 0 Å². The van der Waals surface area contributed by atoms with E-state index in [1.807, 2.05) is 0 Å². The molecule has 0 amide bonds. The third-order valence-electron chi connectivity index (χ3n) is 10.0. The number of allylic oxidation sites excluding steroid dienone is 6. The molecule has 0 spiro atoms. The molecule has 2 heterocycles. The Labute approximate surface area is 172 Å². The van der Waals surface area contributed by atoms with Gasteiger partial charge in [0, 0.05) is 0 Å². The van der Waals surface area contributed by atoms with Gasteiger partial charge in [-0.25, -0.2) is 0 Å². The third-order valence-corrected chi connectivity index (χ3v) is 10.0. The van der Waals surface area contributed by atoms with Crippen LogP contribution in [0.2, 0.25) is 0 Å². The first-order valence-electron chi connectivity index (χ1n) is 11.1. The van der Waals surface area contributed by atoms with Crippen LogP contribution in [0, 0.1) is 82.9 Å². The zero-order valence-electron chi connectivity index (χ0n) is 16.0. The number of ether oxygens (including phenoxy) is 2. The molecule has 11 aliphatic rings. The second-order valence-electron chi connectivity index (χ2n) is 10.5. The highest BCUT2D eigenvalue weighted by molar-refractivity contribution is 5.98. The summed E-state index contributed by atoms with van der Waals surface area (Å²) in [7, 11) is 0. The molecular formula is C24H20O6. The minimum atomic E-state index is -0.361. The van der Waals surface area contributed by atoms with Crippen LogP contribution in [-0.4, -0.2) is 23.9 Å². The standard InChI is InChI=1S/C24H20O6/c25-21-17-9-3-5-11(19(17)23(27)29-21)15-8-2-1-7(13(9)15)14-10-4-6-12(16(8)14)20-18(10)22(26)30-24(20)28/h1-20H. The normalized spacial score (nSPS) is 59.7. The summed E-state index contributed by atoms with van der Waals surface area (Å²) in [6, 6.07) is 0. The number of hydrogen-bond donors (Lipinski definition) is 0. The molecule has 0 aromatic heterocycles. The summed E-state index contributed by atoms with van der Waals surface area (Å²) in [5, 5.41) is 0. The van der Waals surface area contributed by atoms with E-state index in [-0.39, 0.29) is 107 Å². The van der Waals surface area contributed by atoms with Crippen LogP contribution in [0.15, 0.2) is 36.5 Å². The van der Waals surface area contributed by atoms with Gasteiger partial charge in [0.2, 0.25) is 0 Å². The second kappa shape index (κ2) is 4.87. The van der Waals surface area contributed by atoms with E-state index in [0.717, 1.165) is 0 Å². The predicted molar refractivity (Wildman–Crippen MR) is 98.5 cm³/mol. The monoisotopic (exact) mass is 404 g/mol. The number of esters is 4. The quantitative estimate of drug-likeness (QED) is 0.346. The lowest BCUT2D eigenvalue weighted by Crippen LogP contribution is -2.66. The number of hydrogen-bond acceptors (Lipinski definition) is 6. The predicted octanol–water partition coefficient (Wildman–Crippen LogP) is 1.53. The van der Waals surface area contributed by atoms with Gasteiger partial charge < -0.3 is 9.47 Å². The molecule has 0 N–H and O–H groups in total. The number of rotatable bonds is 0. The molecule has 152 valence electrons. The molecule has 2 saturated heterocycles. The molecule has 12 atom stereocenters. The Balaban J connectivity index is 1.28. The van der Waals surface area contributed by atoms with E-state index in [4.69, 9.17) is 9.47 Å². The SMILES string of the molecule is O=C1OC(=O)C2C3C=CC(C12)C1C2C=CC(C31)C1C3C=CC(C4C(=O)OC(=O)C34)C21. The zero-order valence-corrected chi connectivity index (χ0v) is 16.0. The van der Waals surface area contributed by atoms with E-state index in [2.05, 4.69) is 36.5 Å². The average Bonchev–Trinajstić information content (AvgIpc) is 3.26. The van der Waals surface area contributed by atoms with Crippen LogP contribution in [0.5, 0.6) is 0 Å². The van der Waals surface area contributed by atoms with Gasteiger partial charge in [0.1, 0.15) is 0 Å². The molecule has 6 bridgehead atoms. The summed E-state index contributed by atoms with van der Waals surface area (Å²) in [5.41, 5.74) is 0. The van der Waals surface area contributed by atoms with Crippen LogP contribution in [0.25, 0.3) is 0 Å². The first-order valence-corrected chi connectivity index (χ1v) is 11.1. The van der Waals surface area contributed by atoms with Gasteiger partial charge in [-0.15, -0.1) is 0 Å². The minimum Gasteiger partial charge on any atom is -0.393 e. The molecule has 0 radical (unpaired) electrons. The second-order valence-corrected chi connectivity index (χ2v) is 10.5. The Hall–Kier alpha value is -2.50. The fraction of sp³-hybridized carbons (Fsp3) is 0.583. The summed E-state index contributed by atoms with van der Waals surface area (Å²) in [4.78, 5) is 50.1. The van der Waals surface area contributed by atoms with Gasteiger partial charge >= 0.3 is 23.9 Å². The number of carbonyl (C=O) groups is 4. The van der Waals surface area contributed by atoms with Crippen LogP contribution in [-0.2, 0) is 28.7 Å². The Morgan fingerprint density at radius 1 is 0.400 bits per heavy atom. The van der Waals surface area contributed by atoms with Crippen LogP contribution in [0.3, 0.4) is 0 Å². The van der Waals surface area contributed by atoms with Crippen molar-refractivity contribution in [3.8, 4) is 0 Å². The van der Waals surface area contributed by atoms with E-state index in [1.165, 1.54) is 0 Å². The van der Waals surface area contributed by atoms with Crippen molar-refractivity contribution in [2.45, 2.75) is 0 Å². The van der Waals surface area contributed by atoms with Crippen molar-refractivity contribution in [2.75, 3.05) is 0 Å². The van der Waals surface area contributed by atoms with Gasteiger partial charge in [0.05, 0.1) is 23.7 Å². The molecule has 30 heavy (non-hydrogen) atoms. The van der Waals surface area contributed by atoms with Crippen molar-refractivity contribution in [2.24, 2.45) is 82.9 Å². The van der Waals surface area contributed by atoms with Crippen molar-refractivity contribution < 1.29 is 28.7 Å². The van der Waals surface area contributed by atoms with E-state index >= 15 is 0 Å². The first-order chi connectivity index (χ1) is 14.6. The van der Waals surface area contributed by atoms with Gasteiger partial charge in [-0.05, 0) is 59.2 Å². The summed E-state index contributed by atoms with van der Waals surface area (Å²) in [6.07, 6.45) is 13.2. The Bertz CT molecular complexity index is 898. The highest BCUT2D eigenvalue weighted by atomic mass is 16.6. The molecule has 3 saturated carbocycles. The van der Waals surface area contributed by atoms with Gasteiger partial charge in [0.15, 0.2) is 0 Å². The van der Waals surface area contributed by atoms with Gasteiger partial charge in [0.25, 0.3) is 0 Å². The average molecular weight is 404 g/mol. The minimum absolute atomic E-state index is 0.0136. The largest absolute Gasteiger partial charge is 0.393 e. The fourth-order valence-electron chi connectivity index (χ4n) is 9.47. The molecule has 5 fully saturated rings. The van der Waals surface area contributed by atoms with Crippen molar-refractivity contribution in [1.82, 2.24) is 0 Å². The summed E-state index contributed by atoms with van der Waals surface area (Å²) in [6.45, 7) is 0. The van der Waals surface area contributed by atoms with Gasteiger partial charge in [-0.2, -0.15) is 0 Å². The highest BCUT2D eigenvalue weighted by Crippen LogP contribution is 2.71. The van der Waals surface area contributed by atoms with Crippen LogP contribution in [0.1, 0.15) is 0 Å². The zero-order chi connectivity index (χ0) is 20.0. The van der Waals surface area contributed by atoms with Crippen LogP contribution in [0.4, 0.5) is 0 Å². The van der Waals surface area contributed by atoms with Crippen molar-refractivity contribution in [3.05, 3.63) is 36.5 Å². The highest BCUT2D eigenvalue weighted by Gasteiger charge is 2.72. The lowest BCUT2D eigenvalue weighted by Gasteiger charge is -2.67. The first kappa shape index (κ1) is 16.2. The molecule has 12 unspecified atom stereocenters. The summed E-state index contributed by atoms with van der Waals surface area (Å²) >= 11 is 0. The topological polar surface area (TPSA) is 86.7 Å². The lowest BCUT2D eigenvalue weighted by atomic mass is 9.35. The van der Waals surface area contributed by atoms with Crippen LogP contribution < -0.4 is 0 Å². The third kappa shape index (κ3) is 1.52. The molecule has 2 aliphatic heterocycles. The van der Waals surface area contributed by atoms with Crippen molar-refractivity contribution in [3.63, 3.8) is 0 Å². The van der Waals surface area contributed by atoms with E-state index in [1.54, 1.807) is 0 Å². The number of cyclic esters (lactones) is 4.